The number of hydrogen-bond donors (Lipinski definition) is 8. The van der Waals surface area contributed by atoms with E-state index in [-0.39, 0.29) is 129 Å². The number of rotatable bonds is 10. The van der Waals surface area contributed by atoms with Gasteiger partial charge in [-0.15, -0.1) is 0 Å². The second kappa shape index (κ2) is 15.0. The first-order chi connectivity index (χ1) is 22.8. The Morgan fingerprint density at radius 1 is 0.700 bits per heavy atom. The third kappa shape index (κ3) is 7.57. The Labute approximate surface area is 332 Å². The fourth-order valence-corrected chi connectivity index (χ4v) is 7.51. The first-order valence-electron chi connectivity index (χ1n) is 16.4. The summed E-state index contributed by atoms with van der Waals surface area (Å²) in [5.74, 6) is -2.75. The SMILES string of the molecule is NCCN1CC(Oc2ccc3c(c2C(=O)O)O[B-](O)(O)[C@H]2C[C@@H]32)C1.NCCN1CC(Oc2ccc3c(c2C(=O)O)O[B-](O)(O)[C@H]2C[C@@H]32)C1.[Na+].[Na+]. The van der Waals surface area contributed by atoms with Crippen molar-refractivity contribution in [1.82, 2.24) is 9.80 Å². The van der Waals surface area contributed by atoms with Crippen molar-refractivity contribution in [3.63, 3.8) is 0 Å². The number of nitrogens with two attached hydrogens (primary N) is 2. The molecule has 260 valence electrons. The topological polar surface area (TPSA) is 251 Å². The van der Waals surface area contributed by atoms with Crippen LogP contribution >= 0.6 is 0 Å². The Balaban J connectivity index is 0.000000187. The van der Waals surface area contributed by atoms with Gasteiger partial charge in [0.05, 0.1) is 11.5 Å². The largest absolute Gasteiger partial charge is 1.00 e. The molecule has 0 amide bonds. The average Bonchev–Trinajstić information content (AvgIpc) is 3.88. The maximum atomic E-state index is 11.7. The molecule has 20 heteroatoms. The third-order valence-corrected chi connectivity index (χ3v) is 10.2. The van der Waals surface area contributed by atoms with E-state index < -0.39 is 25.4 Å². The fraction of sp³-hybridized carbons (Fsp3) is 0.533. The molecule has 2 aromatic carbocycles. The summed E-state index contributed by atoms with van der Waals surface area (Å²) < 4.78 is 22.2. The zero-order chi connectivity index (χ0) is 34.1. The summed E-state index contributed by atoms with van der Waals surface area (Å²) in [5.41, 5.74) is 12.1. The summed E-state index contributed by atoms with van der Waals surface area (Å²) in [6.07, 6.45) is 0.971. The van der Waals surface area contributed by atoms with Crippen LogP contribution in [0.25, 0.3) is 0 Å². The van der Waals surface area contributed by atoms with E-state index in [2.05, 4.69) is 9.80 Å². The molecule has 6 aliphatic rings. The van der Waals surface area contributed by atoms with Gasteiger partial charge in [-0.05, 0) is 35.1 Å². The maximum absolute atomic E-state index is 11.7. The van der Waals surface area contributed by atoms with E-state index >= 15 is 0 Å². The fourth-order valence-electron chi connectivity index (χ4n) is 7.51. The van der Waals surface area contributed by atoms with Gasteiger partial charge >= 0.3 is 84.6 Å². The minimum absolute atomic E-state index is 0. The van der Waals surface area contributed by atoms with Crippen molar-refractivity contribution in [2.24, 2.45) is 11.5 Å². The quantitative estimate of drug-likeness (QED) is 0.106. The summed E-state index contributed by atoms with van der Waals surface area (Å²) in [5, 5.41) is 59.2. The number of aromatic carboxylic acids is 2. The number of hydrogen-bond acceptors (Lipinski definition) is 14. The van der Waals surface area contributed by atoms with Gasteiger partial charge in [-0.2, -0.15) is 0 Å². The number of likely N-dealkylation sites (tertiary alicyclic amines) is 2. The summed E-state index contributed by atoms with van der Waals surface area (Å²) in [7, 11) is 0. The number of carboxylic acids is 2. The van der Waals surface area contributed by atoms with Crippen LogP contribution in [0.4, 0.5) is 0 Å². The van der Waals surface area contributed by atoms with E-state index in [1.807, 2.05) is 0 Å². The average molecular weight is 716 g/mol. The molecular formula is C30H40B2N4Na2O12. The van der Waals surface area contributed by atoms with Crippen molar-refractivity contribution in [2.45, 2.75) is 48.5 Å². The van der Waals surface area contributed by atoms with Crippen LogP contribution in [0, 0.1) is 0 Å². The second-order valence-corrected chi connectivity index (χ2v) is 13.7. The molecule has 0 bridgehead atoms. The van der Waals surface area contributed by atoms with Crippen molar-refractivity contribution in [3.05, 3.63) is 46.5 Å². The third-order valence-electron chi connectivity index (χ3n) is 10.2. The van der Waals surface area contributed by atoms with Gasteiger partial charge in [0.25, 0.3) is 0 Å². The first-order valence-corrected chi connectivity index (χ1v) is 16.4. The molecule has 10 N–H and O–H groups in total. The molecule has 50 heavy (non-hydrogen) atoms. The van der Waals surface area contributed by atoms with Crippen molar-refractivity contribution < 1.29 is 118 Å². The normalized spacial score (nSPS) is 26.4. The van der Waals surface area contributed by atoms with Gasteiger partial charge < -0.3 is 60.6 Å². The minimum atomic E-state index is -3.02. The van der Waals surface area contributed by atoms with Crippen LogP contribution in [0.2, 0.25) is 11.6 Å². The monoisotopic (exact) mass is 716 g/mol. The predicted molar refractivity (Wildman–Crippen MR) is 170 cm³/mol. The molecule has 2 aliphatic carbocycles. The molecule has 0 unspecified atom stereocenters. The Kier molecular flexibility index (Phi) is 11.9. The van der Waals surface area contributed by atoms with E-state index in [1.54, 1.807) is 24.3 Å². The number of nitrogens with zero attached hydrogens (tertiary/aromatic N) is 2. The zero-order valence-corrected chi connectivity index (χ0v) is 32.2. The molecule has 8 rings (SSSR count). The number of ether oxygens (including phenoxy) is 2. The van der Waals surface area contributed by atoms with E-state index in [0.29, 0.717) is 63.2 Å². The minimum Gasteiger partial charge on any atom is -0.669 e. The molecule has 4 atom stereocenters. The smallest absolute Gasteiger partial charge is 0.669 e. The molecule has 2 saturated carbocycles. The summed E-state index contributed by atoms with van der Waals surface area (Å²) >= 11 is 0. The Morgan fingerprint density at radius 3 is 1.38 bits per heavy atom. The van der Waals surface area contributed by atoms with Gasteiger partial charge in [0.15, 0.2) is 0 Å². The summed E-state index contributed by atoms with van der Waals surface area (Å²) in [6, 6.07) is 6.82. The van der Waals surface area contributed by atoms with Crippen LogP contribution in [-0.2, 0) is 0 Å². The van der Waals surface area contributed by atoms with Gasteiger partial charge in [-0.3, -0.25) is 9.80 Å². The van der Waals surface area contributed by atoms with Crippen LogP contribution in [0.15, 0.2) is 24.3 Å². The summed E-state index contributed by atoms with van der Waals surface area (Å²) in [6.45, 7) is -0.592. The molecule has 4 heterocycles. The van der Waals surface area contributed by atoms with Crippen LogP contribution in [0.5, 0.6) is 23.0 Å². The standard InChI is InChI=1S/2C15H20BN2O6.2Na/c2*17-3-4-18-6-8(7-18)23-12-2-1-9-10-5-11(10)16(21,22)24-14(9)13(12)15(19)20;;/h2*1-2,8,10-11,21-22H,3-7,17H2,(H,19,20);;/q2*-1;2*+1/t2*10-,11-;;/m00../s1. The predicted octanol–water partition coefficient (Wildman–Crippen LogP) is -6.83. The van der Waals surface area contributed by atoms with E-state index in [9.17, 15) is 39.9 Å². The van der Waals surface area contributed by atoms with Crippen LogP contribution in [0.1, 0.15) is 56.5 Å². The van der Waals surface area contributed by atoms with Gasteiger partial charge in [-0.1, -0.05) is 36.6 Å². The molecule has 0 radical (unpaired) electrons. The first kappa shape index (κ1) is 39.6. The molecule has 16 nitrogen and oxygen atoms in total. The molecule has 4 aliphatic heterocycles. The van der Waals surface area contributed by atoms with Crippen molar-refractivity contribution in [1.29, 1.82) is 0 Å². The molecule has 0 aromatic heterocycles. The van der Waals surface area contributed by atoms with Gasteiger partial charge in [0, 0.05) is 52.4 Å². The summed E-state index contributed by atoms with van der Waals surface area (Å²) in [4.78, 5) is 27.7. The van der Waals surface area contributed by atoms with Gasteiger partial charge in [0.1, 0.15) is 34.8 Å². The van der Waals surface area contributed by atoms with E-state index in [1.165, 1.54) is 0 Å². The van der Waals surface area contributed by atoms with Crippen molar-refractivity contribution in [2.75, 3.05) is 52.4 Å². The Hall–Kier alpha value is -1.61. The van der Waals surface area contributed by atoms with Gasteiger partial charge in [-0.25, -0.2) is 9.59 Å². The molecule has 4 fully saturated rings. The van der Waals surface area contributed by atoms with Crippen LogP contribution < -0.4 is 89.4 Å². The maximum Gasteiger partial charge on any atom is 1.00 e. The number of carbonyl (C=O) groups is 2. The molecule has 2 aromatic rings. The Morgan fingerprint density at radius 2 is 1.06 bits per heavy atom. The van der Waals surface area contributed by atoms with Crippen LogP contribution in [0.3, 0.4) is 0 Å². The van der Waals surface area contributed by atoms with Crippen molar-refractivity contribution >= 4 is 25.4 Å². The van der Waals surface area contributed by atoms with E-state index in [0.717, 1.165) is 13.1 Å². The molecule has 2 saturated heterocycles. The van der Waals surface area contributed by atoms with Gasteiger partial charge in [0.2, 0.25) is 0 Å². The van der Waals surface area contributed by atoms with E-state index in [4.69, 9.17) is 30.2 Å². The zero-order valence-electron chi connectivity index (χ0n) is 28.2. The molecule has 0 spiro atoms. The Bertz CT molecular complexity index is 1510. The van der Waals surface area contributed by atoms with Crippen LogP contribution in [-0.4, -0.2) is 130 Å². The number of benzene rings is 2. The number of carboxylic acid groups (broad SMARTS) is 2. The molecular weight excluding hydrogens is 676 g/mol. The van der Waals surface area contributed by atoms with Crippen molar-refractivity contribution in [3.8, 4) is 23.0 Å². The second-order valence-electron chi connectivity index (χ2n) is 13.7. The number of fused-ring (bicyclic) bond motifs is 6.